The summed E-state index contributed by atoms with van der Waals surface area (Å²) < 4.78 is 5.63. The number of nitriles is 1. The highest BCUT2D eigenvalue weighted by molar-refractivity contribution is 7.15. The fourth-order valence-corrected chi connectivity index (χ4v) is 3.82. The second-order valence-electron chi connectivity index (χ2n) is 6.83. The molecule has 31 heavy (non-hydrogen) atoms. The SMILES string of the molecule is CCCCOc1ccc(C=C(C#N)C(=O)Nc2ncc(Cc3cccc(Cl)c3)s2)cc1. The zero-order chi connectivity index (χ0) is 22.1. The van der Waals surface area contributed by atoms with Crippen LogP contribution in [-0.4, -0.2) is 17.5 Å². The van der Waals surface area contributed by atoms with Gasteiger partial charge in [0.05, 0.1) is 6.61 Å². The summed E-state index contributed by atoms with van der Waals surface area (Å²) in [6, 6.07) is 16.9. The number of ether oxygens (including phenoxy) is 1. The van der Waals surface area contributed by atoms with E-state index < -0.39 is 5.91 Å². The van der Waals surface area contributed by atoms with E-state index in [1.54, 1.807) is 12.3 Å². The van der Waals surface area contributed by atoms with Crippen molar-refractivity contribution in [2.75, 3.05) is 11.9 Å². The van der Waals surface area contributed by atoms with Crippen LogP contribution in [0.5, 0.6) is 5.75 Å². The van der Waals surface area contributed by atoms with Gasteiger partial charge in [0.15, 0.2) is 5.13 Å². The number of anilines is 1. The lowest BCUT2D eigenvalue weighted by molar-refractivity contribution is -0.112. The van der Waals surface area contributed by atoms with E-state index in [2.05, 4.69) is 17.2 Å². The molecule has 7 heteroatoms. The average molecular weight is 452 g/mol. The first-order valence-corrected chi connectivity index (χ1v) is 11.1. The summed E-state index contributed by atoms with van der Waals surface area (Å²) in [5, 5.41) is 13.3. The fraction of sp³-hybridized carbons (Fsp3) is 0.208. The Morgan fingerprint density at radius 3 is 2.81 bits per heavy atom. The van der Waals surface area contributed by atoms with E-state index in [1.165, 1.54) is 11.3 Å². The molecule has 1 aromatic heterocycles. The van der Waals surface area contributed by atoms with Gasteiger partial charge in [-0.3, -0.25) is 10.1 Å². The third-order valence-electron chi connectivity index (χ3n) is 4.36. The van der Waals surface area contributed by atoms with E-state index in [0.717, 1.165) is 34.6 Å². The Morgan fingerprint density at radius 2 is 2.10 bits per heavy atom. The quantitative estimate of drug-likeness (QED) is 0.242. The van der Waals surface area contributed by atoms with Crippen LogP contribution in [0.3, 0.4) is 0 Å². The van der Waals surface area contributed by atoms with Crippen molar-refractivity contribution in [2.24, 2.45) is 0 Å². The van der Waals surface area contributed by atoms with Crippen molar-refractivity contribution >= 4 is 40.1 Å². The van der Waals surface area contributed by atoms with Gasteiger partial charge in [0.25, 0.3) is 5.91 Å². The molecule has 1 heterocycles. The van der Waals surface area contributed by atoms with Gasteiger partial charge in [-0.2, -0.15) is 5.26 Å². The molecule has 158 valence electrons. The smallest absolute Gasteiger partial charge is 0.268 e. The lowest BCUT2D eigenvalue weighted by Crippen LogP contribution is -2.13. The molecule has 0 unspecified atom stereocenters. The van der Waals surface area contributed by atoms with Gasteiger partial charge in [-0.05, 0) is 47.9 Å². The predicted octanol–water partition coefficient (Wildman–Crippen LogP) is 6.11. The number of benzene rings is 2. The number of carbonyl (C=O) groups excluding carboxylic acids is 1. The molecule has 0 aliphatic heterocycles. The van der Waals surface area contributed by atoms with E-state index in [-0.39, 0.29) is 5.57 Å². The van der Waals surface area contributed by atoms with Gasteiger partial charge in [-0.1, -0.05) is 49.2 Å². The third kappa shape index (κ3) is 6.95. The largest absolute Gasteiger partial charge is 0.494 e. The van der Waals surface area contributed by atoms with Gasteiger partial charge in [0.2, 0.25) is 0 Å². The molecule has 1 N–H and O–H groups in total. The molecule has 1 amide bonds. The van der Waals surface area contributed by atoms with Crippen LogP contribution in [0.2, 0.25) is 5.02 Å². The van der Waals surface area contributed by atoms with E-state index >= 15 is 0 Å². The molecular formula is C24H22ClN3O2S. The van der Waals surface area contributed by atoms with Crippen LogP contribution in [0, 0.1) is 11.3 Å². The van der Waals surface area contributed by atoms with Gasteiger partial charge < -0.3 is 4.74 Å². The summed E-state index contributed by atoms with van der Waals surface area (Å²) in [4.78, 5) is 17.8. The molecule has 0 aliphatic rings. The molecule has 0 spiro atoms. The van der Waals surface area contributed by atoms with Crippen LogP contribution in [0.1, 0.15) is 35.8 Å². The Hall–Kier alpha value is -3.14. The molecule has 0 bridgehead atoms. The van der Waals surface area contributed by atoms with Gasteiger partial charge in [-0.25, -0.2) is 4.98 Å². The van der Waals surface area contributed by atoms with Crippen molar-refractivity contribution in [2.45, 2.75) is 26.2 Å². The number of halogens is 1. The van der Waals surface area contributed by atoms with Crippen LogP contribution in [0.15, 0.2) is 60.3 Å². The number of nitrogens with one attached hydrogen (secondary N) is 1. The highest BCUT2D eigenvalue weighted by Gasteiger charge is 2.12. The van der Waals surface area contributed by atoms with Crippen molar-refractivity contribution in [3.63, 3.8) is 0 Å². The highest BCUT2D eigenvalue weighted by atomic mass is 35.5. The molecule has 0 saturated heterocycles. The van der Waals surface area contributed by atoms with Crippen LogP contribution < -0.4 is 10.1 Å². The van der Waals surface area contributed by atoms with Crippen LogP contribution in [-0.2, 0) is 11.2 Å². The maximum Gasteiger partial charge on any atom is 0.268 e. The topological polar surface area (TPSA) is 75.0 Å². The first-order chi connectivity index (χ1) is 15.1. The number of carbonyl (C=O) groups is 1. The Bertz CT molecular complexity index is 1100. The van der Waals surface area contributed by atoms with Gasteiger partial charge in [0.1, 0.15) is 17.4 Å². The van der Waals surface area contributed by atoms with Crippen molar-refractivity contribution in [1.29, 1.82) is 5.26 Å². The van der Waals surface area contributed by atoms with Crippen molar-refractivity contribution in [3.05, 3.63) is 81.3 Å². The highest BCUT2D eigenvalue weighted by Crippen LogP contribution is 2.23. The summed E-state index contributed by atoms with van der Waals surface area (Å²) in [5.74, 6) is 0.276. The number of amides is 1. The first-order valence-electron chi connectivity index (χ1n) is 9.92. The maximum absolute atomic E-state index is 12.5. The van der Waals surface area contributed by atoms with Crippen molar-refractivity contribution in [1.82, 2.24) is 4.98 Å². The van der Waals surface area contributed by atoms with E-state index in [0.29, 0.717) is 23.2 Å². The Labute approximate surface area is 191 Å². The van der Waals surface area contributed by atoms with Crippen molar-refractivity contribution < 1.29 is 9.53 Å². The van der Waals surface area contributed by atoms with Crippen LogP contribution >= 0.6 is 22.9 Å². The van der Waals surface area contributed by atoms with Crippen LogP contribution in [0.4, 0.5) is 5.13 Å². The molecule has 3 aromatic rings. The molecule has 0 radical (unpaired) electrons. The molecule has 0 atom stereocenters. The number of thiazole rings is 1. The summed E-state index contributed by atoms with van der Waals surface area (Å²) in [6.07, 6.45) is 6.00. The molecule has 0 saturated carbocycles. The van der Waals surface area contributed by atoms with Gasteiger partial charge in [0, 0.05) is 22.5 Å². The Kier molecular flexibility index (Phi) is 8.22. The van der Waals surface area contributed by atoms with Gasteiger partial charge >= 0.3 is 0 Å². The van der Waals surface area contributed by atoms with E-state index in [4.69, 9.17) is 16.3 Å². The maximum atomic E-state index is 12.5. The number of nitrogens with zero attached hydrogens (tertiary/aromatic N) is 2. The Balaban J connectivity index is 1.62. The molecule has 0 aliphatic carbocycles. The minimum Gasteiger partial charge on any atom is -0.494 e. The molecule has 5 nitrogen and oxygen atoms in total. The lowest BCUT2D eigenvalue weighted by atomic mass is 10.1. The fourth-order valence-electron chi connectivity index (χ4n) is 2.77. The third-order valence-corrected chi connectivity index (χ3v) is 5.51. The number of rotatable bonds is 9. The second-order valence-corrected chi connectivity index (χ2v) is 8.39. The lowest BCUT2D eigenvalue weighted by Gasteiger charge is -2.05. The molecule has 2 aromatic carbocycles. The number of unbranched alkanes of at least 4 members (excludes halogenated alkanes) is 1. The van der Waals surface area contributed by atoms with E-state index in [1.807, 2.05) is 54.6 Å². The number of aromatic nitrogens is 1. The van der Waals surface area contributed by atoms with E-state index in [9.17, 15) is 10.1 Å². The molecule has 0 fully saturated rings. The van der Waals surface area contributed by atoms with Crippen LogP contribution in [0.25, 0.3) is 6.08 Å². The summed E-state index contributed by atoms with van der Waals surface area (Å²) in [5.41, 5.74) is 1.82. The Morgan fingerprint density at radius 1 is 1.29 bits per heavy atom. The first kappa shape index (κ1) is 22.5. The molecule has 3 rings (SSSR count). The zero-order valence-corrected chi connectivity index (χ0v) is 18.7. The van der Waals surface area contributed by atoms with Gasteiger partial charge in [-0.15, -0.1) is 11.3 Å². The minimum absolute atomic E-state index is 0.00578. The second kappa shape index (κ2) is 11.3. The monoisotopic (exact) mass is 451 g/mol. The van der Waals surface area contributed by atoms with Crippen molar-refractivity contribution in [3.8, 4) is 11.8 Å². The zero-order valence-electron chi connectivity index (χ0n) is 17.1. The summed E-state index contributed by atoms with van der Waals surface area (Å²) in [7, 11) is 0. The summed E-state index contributed by atoms with van der Waals surface area (Å²) >= 11 is 7.39. The standard InChI is InChI=1S/C24H22ClN3O2S/c1-2-3-11-30-21-9-7-17(8-10-21)12-19(15-26)23(29)28-24-27-16-22(31-24)14-18-5-4-6-20(25)13-18/h4-10,12-13,16H,2-3,11,14H2,1H3,(H,27,28,29). The summed E-state index contributed by atoms with van der Waals surface area (Å²) in [6.45, 7) is 2.78. The predicted molar refractivity (Wildman–Crippen MR) is 125 cm³/mol. The molecular weight excluding hydrogens is 430 g/mol. The minimum atomic E-state index is -0.491. The number of hydrogen-bond acceptors (Lipinski definition) is 5. The average Bonchev–Trinajstić information content (AvgIpc) is 3.19. The normalized spacial score (nSPS) is 11.1. The number of hydrogen-bond donors (Lipinski definition) is 1.